The summed E-state index contributed by atoms with van der Waals surface area (Å²) < 4.78 is 6.18. The zero-order valence-corrected chi connectivity index (χ0v) is 33.7. The zero-order valence-electron chi connectivity index (χ0n) is 30.8. The van der Waals surface area contributed by atoms with E-state index in [2.05, 4.69) is 45.7 Å². The Morgan fingerprint density at radius 3 is 2.27 bits per heavy atom. The van der Waals surface area contributed by atoms with Crippen LogP contribution in [0.3, 0.4) is 0 Å². The summed E-state index contributed by atoms with van der Waals surface area (Å²) in [4.78, 5) is 65.0. The van der Waals surface area contributed by atoms with Crippen molar-refractivity contribution in [1.29, 1.82) is 0 Å². The van der Waals surface area contributed by atoms with Gasteiger partial charge in [-0.1, -0.05) is 90.0 Å². The van der Waals surface area contributed by atoms with E-state index in [1.807, 2.05) is 54.6 Å². The predicted octanol–water partition coefficient (Wildman–Crippen LogP) is 7.49. The number of fused-ring (bicyclic) bond motifs is 4. The van der Waals surface area contributed by atoms with E-state index < -0.39 is 35.0 Å². The molecule has 286 valence electrons. The van der Waals surface area contributed by atoms with E-state index in [0.717, 1.165) is 25.2 Å². The van der Waals surface area contributed by atoms with Crippen molar-refractivity contribution in [3.05, 3.63) is 134 Å². The molecule has 4 aromatic carbocycles. The number of phenolic OH excluding ortho intramolecular Hbond substituents is 1. The lowest BCUT2D eigenvalue weighted by Crippen LogP contribution is -2.53. The lowest BCUT2D eigenvalue weighted by Gasteiger charge is -2.50. The number of phenols is 1. The molecule has 1 saturated carbocycles. The second-order valence-electron chi connectivity index (χ2n) is 15.7. The monoisotopic (exact) mass is 881 g/mol. The number of nitrogens with zero attached hydrogens (tertiary/aromatic N) is 3. The topological polar surface area (TPSA) is 107 Å². The van der Waals surface area contributed by atoms with Gasteiger partial charge in [-0.25, -0.2) is 4.90 Å². The third kappa shape index (κ3) is 5.73. The molecule has 9 rings (SSSR count). The average molecular weight is 882 g/mol. The summed E-state index contributed by atoms with van der Waals surface area (Å²) in [5, 5.41) is 11.4. The highest BCUT2D eigenvalue weighted by molar-refractivity contribution is 14.1. The van der Waals surface area contributed by atoms with Crippen LogP contribution in [0, 0.1) is 27.2 Å². The first kappa shape index (κ1) is 37.1. The van der Waals surface area contributed by atoms with Crippen LogP contribution in [0.15, 0.2) is 109 Å². The Kier molecular flexibility index (Phi) is 9.57. The van der Waals surface area contributed by atoms with Gasteiger partial charge in [-0.05, 0) is 101 Å². The number of methoxy groups -OCH3 is 1. The molecule has 11 heteroatoms. The number of carbonyl (C=O) groups is 4. The van der Waals surface area contributed by atoms with Crippen LogP contribution in [0.25, 0.3) is 0 Å². The van der Waals surface area contributed by atoms with Gasteiger partial charge in [0.2, 0.25) is 23.6 Å². The van der Waals surface area contributed by atoms with Crippen LogP contribution in [0.2, 0.25) is 5.02 Å². The third-order valence-electron chi connectivity index (χ3n) is 13.0. The van der Waals surface area contributed by atoms with Gasteiger partial charge in [0.25, 0.3) is 0 Å². The highest BCUT2D eigenvalue weighted by Crippen LogP contribution is 2.65. The largest absolute Gasteiger partial charge is 0.504 e. The number of allylic oxidation sites excluding steroid dienone is 2. The van der Waals surface area contributed by atoms with Gasteiger partial charge in [0.05, 0.1) is 39.5 Å². The standard InChI is InChI=1S/C45H41ClIN3O6/c1-56-37-22-27(21-36(47)40(37)51)39-32-15-16-33-38(43(54)49(41(33)52)30-17-19-48(20-18-30)25-26-9-4-2-5-10-26)34(32)24-35-42(53)50(31-14-8-13-29(46)23-31)44(55)45(35,39)28-11-6-3-7-12-28/h2-15,21-23,30,33-35,38-39,51H,16-20,24-25H2,1H3. The van der Waals surface area contributed by atoms with Gasteiger partial charge in [-0.2, -0.15) is 0 Å². The summed E-state index contributed by atoms with van der Waals surface area (Å²) in [5.74, 6) is -4.14. The molecule has 4 aromatic rings. The van der Waals surface area contributed by atoms with Gasteiger partial charge in [0.1, 0.15) is 0 Å². The van der Waals surface area contributed by atoms with Crippen molar-refractivity contribution in [3.63, 3.8) is 0 Å². The Morgan fingerprint density at radius 2 is 1.57 bits per heavy atom. The van der Waals surface area contributed by atoms with Gasteiger partial charge < -0.3 is 9.84 Å². The van der Waals surface area contributed by atoms with E-state index in [0.29, 0.717) is 44.7 Å². The van der Waals surface area contributed by atoms with Gasteiger partial charge in [-0.3, -0.25) is 29.0 Å². The number of aromatic hydroxyl groups is 1. The molecule has 0 aromatic heterocycles. The molecular weight excluding hydrogens is 841 g/mol. The van der Waals surface area contributed by atoms with E-state index in [1.54, 1.807) is 35.2 Å². The lowest BCUT2D eigenvalue weighted by molar-refractivity contribution is -0.144. The summed E-state index contributed by atoms with van der Waals surface area (Å²) >= 11 is 8.51. The first-order valence-corrected chi connectivity index (χ1v) is 20.7. The number of likely N-dealkylation sites (tertiary alicyclic amines) is 2. The first-order valence-electron chi connectivity index (χ1n) is 19.2. The number of hydrogen-bond donors (Lipinski definition) is 1. The number of rotatable bonds is 7. The van der Waals surface area contributed by atoms with Crippen molar-refractivity contribution in [1.82, 2.24) is 9.80 Å². The van der Waals surface area contributed by atoms with Crippen molar-refractivity contribution in [3.8, 4) is 11.5 Å². The van der Waals surface area contributed by atoms with E-state index >= 15 is 9.59 Å². The van der Waals surface area contributed by atoms with Crippen molar-refractivity contribution in [2.24, 2.45) is 23.7 Å². The maximum absolute atomic E-state index is 15.5. The Balaban J connectivity index is 1.14. The Hall–Kier alpha value is -4.52. The zero-order chi connectivity index (χ0) is 38.9. The molecule has 5 aliphatic rings. The summed E-state index contributed by atoms with van der Waals surface area (Å²) in [6.45, 7) is 2.38. The van der Waals surface area contributed by atoms with Crippen molar-refractivity contribution < 1.29 is 29.0 Å². The highest BCUT2D eigenvalue weighted by atomic mass is 127. The van der Waals surface area contributed by atoms with Crippen LogP contribution >= 0.6 is 34.2 Å². The van der Waals surface area contributed by atoms with Crippen molar-refractivity contribution in [2.45, 2.75) is 49.6 Å². The normalized spacial score (nSPS) is 27.9. The number of imide groups is 2. The third-order valence-corrected chi connectivity index (χ3v) is 14.0. The van der Waals surface area contributed by atoms with Crippen LogP contribution in [0.4, 0.5) is 5.69 Å². The summed E-state index contributed by atoms with van der Waals surface area (Å²) in [6, 6.07) is 29.9. The minimum Gasteiger partial charge on any atom is -0.504 e. The molecule has 3 saturated heterocycles. The molecule has 4 fully saturated rings. The second kappa shape index (κ2) is 14.5. The van der Waals surface area contributed by atoms with E-state index in [-0.39, 0.29) is 47.6 Å². The highest BCUT2D eigenvalue weighted by Gasteiger charge is 2.70. The molecule has 9 nitrogen and oxygen atoms in total. The minimum absolute atomic E-state index is 0.0244. The molecular formula is C45H41ClIN3O6. The van der Waals surface area contributed by atoms with Crippen molar-refractivity contribution >= 4 is 63.5 Å². The molecule has 6 unspecified atom stereocenters. The van der Waals surface area contributed by atoms with Gasteiger partial charge >= 0.3 is 0 Å². The summed E-state index contributed by atoms with van der Waals surface area (Å²) in [7, 11) is 1.48. The van der Waals surface area contributed by atoms with Crippen LogP contribution in [-0.2, 0) is 31.1 Å². The Morgan fingerprint density at radius 1 is 0.857 bits per heavy atom. The van der Waals surface area contributed by atoms with Gasteiger partial charge in [0.15, 0.2) is 11.5 Å². The maximum Gasteiger partial charge on any atom is 0.246 e. The molecule has 2 aliphatic carbocycles. The number of benzene rings is 4. The van der Waals surface area contributed by atoms with E-state index in [4.69, 9.17) is 16.3 Å². The fourth-order valence-corrected chi connectivity index (χ4v) is 11.4. The van der Waals surface area contributed by atoms with Crippen LogP contribution in [0.1, 0.15) is 48.3 Å². The number of halogens is 2. The maximum atomic E-state index is 15.5. The number of hydrogen-bond acceptors (Lipinski definition) is 7. The quantitative estimate of drug-likeness (QED) is 0.117. The molecule has 6 atom stereocenters. The van der Waals surface area contributed by atoms with Gasteiger partial charge in [0, 0.05) is 36.6 Å². The number of amides is 4. The van der Waals surface area contributed by atoms with Crippen molar-refractivity contribution in [2.75, 3.05) is 25.1 Å². The SMILES string of the molecule is COc1cc(C2C3=CCC4C(=O)N(C5CCN(Cc6ccccc6)CC5)C(=O)C4C3CC3C(=O)N(c4cccc(Cl)c4)C(=O)C32c2ccccc2)cc(I)c1O. The molecule has 0 spiro atoms. The molecule has 0 radical (unpaired) electrons. The van der Waals surface area contributed by atoms with Crippen LogP contribution in [0.5, 0.6) is 11.5 Å². The number of carbonyl (C=O) groups excluding carboxylic acids is 4. The predicted molar refractivity (Wildman–Crippen MR) is 220 cm³/mol. The fraction of sp³-hybridized carbons (Fsp3) is 0.333. The van der Waals surface area contributed by atoms with Crippen LogP contribution in [-0.4, -0.2) is 64.8 Å². The molecule has 3 heterocycles. The Labute approximate surface area is 344 Å². The van der Waals surface area contributed by atoms with Crippen LogP contribution < -0.4 is 9.64 Å². The minimum atomic E-state index is -1.42. The number of anilines is 1. The fourth-order valence-electron chi connectivity index (χ4n) is 10.6. The number of piperidine rings is 1. The molecule has 4 amide bonds. The van der Waals surface area contributed by atoms with Gasteiger partial charge in [-0.15, -0.1) is 0 Å². The molecule has 1 N–H and O–H groups in total. The summed E-state index contributed by atoms with van der Waals surface area (Å²) in [5.41, 5.74) is 2.42. The lowest BCUT2D eigenvalue weighted by atomic mass is 9.49. The smallest absolute Gasteiger partial charge is 0.246 e. The first-order chi connectivity index (χ1) is 27.1. The van der Waals surface area contributed by atoms with E-state index in [1.165, 1.54) is 17.6 Å². The number of ether oxygens (including phenoxy) is 1. The summed E-state index contributed by atoms with van der Waals surface area (Å²) in [6.07, 6.45) is 4.03. The van der Waals surface area contributed by atoms with E-state index in [9.17, 15) is 14.7 Å². The molecule has 0 bridgehead atoms. The molecule has 56 heavy (non-hydrogen) atoms. The molecule has 3 aliphatic heterocycles. The second-order valence-corrected chi connectivity index (χ2v) is 17.3. The Bertz CT molecular complexity index is 2280. The average Bonchev–Trinajstić information content (AvgIpc) is 3.60.